The molecule has 0 atom stereocenters. The van der Waals surface area contributed by atoms with Gasteiger partial charge in [-0.3, -0.25) is 14.9 Å². The molecule has 0 bridgehead atoms. The van der Waals surface area contributed by atoms with Crippen molar-refractivity contribution in [2.75, 3.05) is 23.9 Å². The number of rotatable bonds is 4. The highest BCUT2D eigenvalue weighted by Gasteiger charge is 2.22. The number of carbonyl (C=O) groups excluding carboxylic acids is 2. The molecule has 4 rings (SSSR count). The fraction of sp³-hybridized carbons (Fsp3) is 0.190. The van der Waals surface area contributed by atoms with E-state index in [-0.39, 0.29) is 23.1 Å². The molecule has 1 aliphatic rings. The van der Waals surface area contributed by atoms with E-state index in [9.17, 15) is 14.7 Å². The predicted molar refractivity (Wildman–Crippen MR) is 112 cm³/mol. The van der Waals surface area contributed by atoms with E-state index in [0.29, 0.717) is 17.4 Å². The summed E-state index contributed by atoms with van der Waals surface area (Å²) in [6.07, 6.45) is 0.815. The van der Waals surface area contributed by atoms with Gasteiger partial charge >= 0.3 is 0 Å². The van der Waals surface area contributed by atoms with Crippen LogP contribution in [-0.2, 0) is 11.2 Å². The van der Waals surface area contributed by atoms with Crippen LogP contribution in [0.15, 0.2) is 41.8 Å². The van der Waals surface area contributed by atoms with Crippen LogP contribution in [0.5, 0.6) is 11.5 Å². The summed E-state index contributed by atoms with van der Waals surface area (Å²) in [7, 11) is 1.47. The molecular formula is C21H19N3O4S. The van der Waals surface area contributed by atoms with E-state index in [1.165, 1.54) is 30.6 Å². The van der Waals surface area contributed by atoms with Crippen LogP contribution in [-0.4, -0.2) is 35.6 Å². The number of benzene rings is 2. The third-order valence-corrected chi connectivity index (χ3v) is 5.52. The highest BCUT2D eigenvalue weighted by molar-refractivity contribution is 7.14. The fourth-order valence-electron chi connectivity index (χ4n) is 3.35. The number of methoxy groups -OCH3 is 1. The molecule has 29 heavy (non-hydrogen) atoms. The first-order chi connectivity index (χ1) is 13.9. The first-order valence-corrected chi connectivity index (χ1v) is 9.89. The number of anilines is 2. The standard InChI is InChI=1S/C21H19N3O4S/c1-12(25)24-6-5-14-7-13(3-4-19(14)24)18-11-29-21(22-18)23-20(27)15-8-16(26)10-17(9-15)28-2/h3-4,7-11,26H,5-6H2,1-2H3,(H,22,23,27). The molecule has 0 saturated heterocycles. The van der Waals surface area contributed by atoms with Crippen molar-refractivity contribution >= 4 is 34.0 Å². The lowest BCUT2D eigenvalue weighted by Crippen LogP contribution is -2.25. The van der Waals surface area contributed by atoms with Crippen molar-refractivity contribution in [3.05, 3.63) is 52.9 Å². The van der Waals surface area contributed by atoms with Crippen molar-refractivity contribution in [2.24, 2.45) is 0 Å². The zero-order valence-electron chi connectivity index (χ0n) is 15.9. The van der Waals surface area contributed by atoms with Gasteiger partial charge in [-0.05, 0) is 36.2 Å². The van der Waals surface area contributed by atoms with E-state index in [1.807, 2.05) is 23.6 Å². The lowest BCUT2D eigenvalue weighted by atomic mass is 10.1. The Morgan fingerprint density at radius 2 is 2.07 bits per heavy atom. The topological polar surface area (TPSA) is 91.8 Å². The Hall–Kier alpha value is -3.39. The summed E-state index contributed by atoms with van der Waals surface area (Å²) >= 11 is 1.32. The van der Waals surface area contributed by atoms with Crippen molar-refractivity contribution in [3.8, 4) is 22.8 Å². The van der Waals surface area contributed by atoms with Gasteiger partial charge in [-0.2, -0.15) is 0 Å². The van der Waals surface area contributed by atoms with E-state index < -0.39 is 0 Å². The molecule has 2 amide bonds. The number of ether oxygens (including phenoxy) is 1. The van der Waals surface area contributed by atoms with Crippen molar-refractivity contribution in [1.82, 2.24) is 4.98 Å². The number of phenolic OH excluding ortho intramolecular Hbond substituents is 1. The van der Waals surface area contributed by atoms with Gasteiger partial charge in [0.2, 0.25) is 5.91 Å². The monoisotopic (exact) mass is 409 g/mol. The van der Waals surface area contributed by atoms with Crippen LogP contribution in [0.4, 0.5) is 10.8 Å². The minimum atomic E-state index is -0.383. The highest BCUT2D eigenvalue weighted by Crippen LogP contribution is 2.33. The van der Waals surface area contributed by atoms with Gasteiger partial charge in [0.05, 0.1) is 12.8 Å². The third kappa shape index (κ3) is 3.79. The second-order valence-electron chi connectivity index (χ2n) is 6.68. The number of aromatic hydroxyl groups is 1. The summed E-state index contributed by atoms with van der Waals surface area (Å²) in [6, 6.07) is 10.3. The molecule has 8 heteroatoms. The summed E-state index contributed by atoms with van der Waals surface area (Å²) in [5.41, 5.74) is 4.03. The molecule has 148 valence electrons. The third-order valence-electron chi connectivity index (χ3n) is 4.76. The first kappa shape index (κ1) is 18.9. The molecule has 0 saturated carbocycles. The number of amides is 2. The van der Waals surface area contributed by atoms with Crippen LogP contribution >= 0.6 is 11.3 Å². The van der Waals surface area contributed by atoms with Gasteiger partial charge < -0.3 is 14.7 Å². The molecule has 0 radical (unpaired) electrons. The largest absolute Gasteiger partial charge is 0.508 e. The second-order valence-corrected chi connectivity index (χ2v) is 7.53. The number of thiazole rings is 1. The number of hydrogen-bond donors (Lipinski definition) is 2. The molecule has 1 aliphatic heterocycles. The molecule has 0 fully saturated rings. The van der Waals surface area contributed by atoms with Crippen LogP contribution in [0.3, 0.4) is 0 Å². The quantitative estimate of drug-likeness (QED) is 0.686. The van der Waals surface area contributed by atoms with Crippen molar-refractivity contribution in [1.29, 1.82) is 0 Å². The summed E-state index contributed by atoms with van der Waals surface area (Å²) in [5, 5.41) is 14.8. The Labute approximate surface area is 171 Å². The summed E-state index contributed by atoms with van der Waals surface area (Å²) in [6.45, 7) is 2.26. The Kier molecular flexibility index (Phi) is 4.94. The van der Waals surface area contributed by atoms with Gasteiger partial charge in [-0.1, -0.05) is 6.07 Å². The number of carbonyl (C=O) groups is 2. The Morgan fingerprint density at radius 1 is 1.24 bits per heavy atom. The Bertz CT molecular complexity index is 1110. The number of nitrogens with one attached hydrogen (secondary N) is 1. The van der Waals surface area contributed by atoms with Gasteiger partial charge in [-0.15, -0.1) is 11.3 Å². The minimum absolute atomic E-state index is 0.0405. The highest BCUT2D eigenvalue weighted by atomic mass is 32.1. The maximum atomic E-state index is 12.5. The maximum Gasteiger partial charge on any atom is 0.257 e. The van der Waals surface area contributed by atoms with Gasteiger partial charge in [0.25, 0.3) is 5.91 Å². The van der Waals surface area contributed by atoms with Crippen LogP contribution in [0, 0.1) is 0 Å². The maximum absolute atomic E-state index is 12.5. The number of fused-ring (bicyclic) bond motifs is 1. The molecule has 0 aliphatic carbocycles. The second kappa shape index (κ2) is 7.56. The molecule has 2 aromatic carbocycles. The summed E-state index contributed by atoms with van der Waals surface area (Å²) in [4.78, 5) is 30.5. The average Bonchev–Trinajstić information content (AvgIpc) is 3.33. The molecule has 0 spiro atoms. The molecule has 2 N–H and O–H groups in total. The molecule has 2 heterocycles. The smallest absolute Gasteiger partial charge is 0.257 e. The Balaban J connectivity index is 1.53. The Morgan fingerprint density at radius 3 is 2.83 bits per heavy atom. The van der Waals surface area contributed by atoms with Crippen LogP contribution in [0.25, 0.3) is 11.3 Å². The molecule has 1 aromatic heterocycles. The van der Waals surface area contributed by atoms with Crippen molar-refractivity contribution < 1.29 is 19.4 Å². The SMILES string of the molecule is COc1cc(O)cc(C(=O)Nc2nc(-c3ccc4c(c3)CCN4C(C)=O)cs2)c1. The zero-order chi connectivity index (χ0) is 20.5. The number of aromatic nitrogens is 1. The minimum Gasteiger partial charge on any atom is -0.508 e. The molecule has 7 nitrogen and oxygen atoms in total. The normalized spacial score (nSPS) is 12.6. The lowest BCUT2D eigenvalue weighted by Gasteiger charge is -2.14. The van der Waals surface area contributed by atoms with E-state index in [1.54, 1.807) is 17.9 Å². The van der Waals surface area contributed by atoms with Crippen LogP contribution in [0.1, 0.15) is 22.8 Å². The molecule has 3 aromatic rings. The summed E-state index contributed by atoms with van der Waals surface area (Å²) in [5.74, 6) is 0.00434. The molecular weight excluding hydrogens is 390 g/mol. The van der Waals surface area contributed by atoms with Crippen molar-refractivity contribution in [2.45, 2.75) is 13.3 Å². The predicted octanol–water partition coefficient (Wildman–Crippen LogP) is 3.69. The zero-order valence-corrected chi connectivity index (χ0v) is 16.7. The molecule has 0 unspecified atom stereocenters. The van der Waals surface area contributed by atoms with E-state index in [2.05, 4.69) is 10.3 Å². The number of phenols is 1. The van der Waals surface area contributed by atoms with Gasteiger partial charge in [0.1, 0.15) is 11.5 Å². The van der Waals surface area contributed by atoms with Crippen LogP contribution < -0.4 is 15.0 Å². The first-order valence-electron chi connectivity index (χ1n) is 9.01. The van der Waals surface area contributed by atoms with Gasteiger partial charge in [0.15, 0.2) is 5.13 Å². The number of nitrogens with zero attached hydrogens (tertiary/aromatic N) is 2. The fourth-order valence-corrected chi connectivity index (χ4v) is 4.07. The van der Waals surface area contributed by atoms with E-state index in [0.717, 1.165) is 28.9 Å². The number of hydrogen-bond acceptors (Lipinski definition) is 6. The average molecular weight is 409 g/mol. The van der Waals surface area contributed by atoms with Gasteiger partial charge in [0, 0.05) is 41.7 Å². The van der Waals surface area contributed by atoms with Gasteiger partial charge in [-0.25, -0.2) is 4.98 Å². The summed E-state index contributed by atoms with van der Waals surface area (Å²) < 4.78 is 5.08. The van der Waals surface area contributed by atoms with Crippen molar-refractivity contribution in [3.63, 3.8) is 0 Å². The van der Waals surface area contributed by atoms with E-state index >= 15 is 0 Å². The van der Waals surface area contributed by atoms with Crippen LogP contribution in [0.2, 0.25) is 0 Å². The lowest BCUT2D eigenvalue weighted by molar-refractivity contribution is -0.116. The van der Waals surface area contributed by atoms with E-state index in [4.69, 9.17) is 4.74 Å².